The first-order valence-electron chi connectivity index (χ1n) is 5.74. The molecule has 0 saturated heterocycles. The minimum absolute atomic E-state index is 1.30. The molecule has 0 fully saturated rings. The van der Waals surface area contributed by atoms with Crippen LogP contribution in [0.15, 0.2) is 23.0 Å². The molecule has 0 amide bonds. The van der Waals surface area contributed by atoms with Crippen LogP contribution < -0.4 is 23.2 Å². The Labute approximate surface area is 124 Å². The molecule has 0 radical (unpaired) electrons. The molecule has 0 unspecified atom stereocenters. The second-order valence-electron chi connectivity index (χ2n) is 4.50. The van der Waals surface area contributed by atoms with Crippen molar-refractivity contribution >= 4 is 11.3 Å². The molecule has 20 heavy (non-hydrogen) atoms. The van der Waals surface area contributed by atoms with Crippen LogP contribution in [0.5, 0.6) is 0 Å². The molecule has 7 heteroatoms. The first kappa shape index (κ1) is 17.0. The van der Waals surface area contributed by atoms with Crippen molar-refractivity contribution in [3.8, 4) is 5.69 Å². The quantitative estimate of drug-likeness (QED) is 0.598. The van der Waals surface area contributed by atoms with E-state index >= 15 is 0 Å². The summed E-state index contributed by atoms with van der Waals surface area (Å²) in [6.07, 6.45) is 0. The standard InChI is InChI=1S/C13H16NS.ClHO4/c1-9-5-10(2)13(11(3)6-9)14-8-15-7-12(14)4;2-1(3,4)5/h5-8H,1-4H3;(H,2,3,4,5)/q+1;/p-1. The number of halogens is 1. The lowest BCUT2D eigenvalue weighted by atomic mass is 10.0. The average Bonchev–Trinajstić information content (AvgIpc) is 2.60. The van der Waals surface area contributed by atoms with Crippen molar-refractivity contribution in [2.45, 2.75) is 27.7 Å². The number of hydrogen-bond acceptors (Lipinski definition) is 5. The molecular formula is C13H16ClNO4S. The van der Waals surface area contributed by atoms with Crippen molar-refractivity contribution < 1.29 is 33.4 Å². The first-order chi connectivity index (χ1) is 9.09. The number of aryl methyl sites for hydroxylation is 4. The second kappa shape index (κ2) is 6.62. The van der Waals surface area contributed by atoms with Crippen LogP contribution in [0, 0.1) is 37.9 Å². The molecule has 2 aromatic rings. The van der Waals surface area contributed by atoms with Gasteiger partial charge in [0.1, 0.15) is 0 Å². The molecule has 1 aromatic heterocycles. The van der Waals surface area contributed by atoms with E-state index in [0.717, 1.165) is 0 Å². The fourth-order valence-electron chi connectivity index (χ4n) is 2.11. The van der Waals surface area contributed by atoms with Gasteiger partial charge < -0.3 is 0 Å². The molecule has 0 N–H and O–H groups in total. The number of thiazole rings is 1. The molecule has 0 spiro atoms. The van der Waals surface area contributed by atoms with E-state index in [2.05, 4.69) is 55.3 Å². The van der Waals surface area contributed by atoms with Crippen LogP contribution in [0.1, 0.15) is 22.4 Å². The van der Waals surface area contributed by atoms with Gasteiger partial charge in [0, 0.05) is 18.1 Å². The Kier molecular flexibility index (Phi) is 5.64. The number of nitrogens with zero attached hydrogens (tertiary/aromatic N) is 1. The van der Waals surface area contributed by atoms with Crippen LogP contribution >= 0.6 is 11.3 Å². The van der Waals surface area contributed by atoms with E-state index in [0.29, 0.717) is 0 Å². The Morgan fingerprint density at radius 2 is 1.40 bits per heavy atom. The van der Waals surface area contributed by atoms with E-state index < -0.39 is 10.2 Å². The highest BCUT2D eigenvalue weighted by Crippen LogP contribution is 2.17. The van der Waals surface area contributed by atoms with Crippen LogP contribution in [0.25, 0.3) is 5.69 Å². The summed E-state index contributed by atoms with van der Waals surface area (Å²) in [4.78, 5) is 0. The van der Waals surface area contributed by atoms with Gasteiger partial charge in [-0.15, -0.1) is 10.2 Å². The Hall–Kier alpha value is -1.02. The summed E-state index contributed by atoms with van der Waals surface area (Å²) in [5.74, 6) is 0. The van der Waals surface area contributed by atoms with E-state index in [-0.39, 0.29) is 0 Å². The van der Waals surface area contributed by atoms with Gasteiger partial charge in [-0.1, -0.05) is 16.9 Å². The van der Waals surface area contributed by atoms with Gasteiger partial charge in [0.05, 0.1) is 5.38 Å². The molecule has 0 atom stereocenters. The summed E-state index contributed by atoms with van der Waals surface area (Å²) in [7, 11) is -4.94. The second-order valence-corrected chi connectivity index (χ2v) is 5.97. The predicted molar refractivity (Wildman–Crippen MR) is 64.8 cm³/mol. The molecule has 5 nitrogen and oxygen atoms in total. The number of hydrogen-bond donors (Lipinski definition) is 0. The Morgan fingerprint density at radius 1 is 0.950 bits per heavy atom. The minimum atomic E-state index is -4.94. The van der Waals surface area contributed by atoms with Crippen LogP contribution in [0.2, 0.25) is 0 Å². The zero-order valence-electron chi connectivity index (χ0n) is 11.7. The van der Waals surface area contributed by atoms with Gasteiger partial charge >= 0.3 is 0 Å². The zero-order chi connectivity index (χ0) is 15.5. The van der Waals surface area contributed by atoms with Crippen molar-refractivity contribution in [3.05, 3.63) is 45.4 Å². The van der Waals surface area contributed by atoms with E-state index in [1.54, 1.807) is 11.3 Å². The Balaban J connectivity index is 0.000000347. The summed E-state index contributed by atoms with van der Waals surface area (Å²) in [6.45, 7) is 8.66. The number of aromatic nitrogens is 1. The highest BCUT2D eigenvalue weighted by molar-refractivity contribution is 7.07. The molecule has 0 saturated carbocycles. The fraction of sp³-hybridized carbons (Fsp3) is 0.308. The normalized spacial score (nSPS) is 11.0. The van der Waals surface area contributed by atoms with Gasteiger partial charge in [0.2, 0.25) is 11.2 Å². The van der Waals surface area contributed by atoms with Gasteiger partial charge in [0.25, 0.3) is 0 Å². The largest absolute Gasteiger partial charge is 0.230 e. The Bertz CT molecular complexity index is 563. The fourth-order valence-corrected chi connectivity index (χ4v) is 2.88. The highest BCUT2D eigenvalue weighted by atomic mass is 35.7. The van der Waals surface area contributed by atoms with Gasteiger partial charge in [-0.25, -0.2) is 18.6 Å². The maximum Gasteiger partial charge on any atom is 0.230 e. The van der Waals surface area contributed by atoms with Crippen molar-refractivity contribution in [1.82, 2.24) is 0 Å². The topological polar surface area (TPSA) is 96.1 Å². The first-order valence-corrected chi connectivity index (χ1v) is 7.91. The summed E-state index contributed by atoms with van der Waals surface area (Å²) in [5.41, 5.74) is 8.83. The molecule has 2 rings (SSSR count). The lowest BCUT2D eigenvalue weighted by Gasteiger charge is -2.17. The molecule has 110 valence electrons. The Morgan fingerprint density at radius 3 is 1.75 bits per heavy atom. The molecule has 0 aliphatic carbocycles. The van der Waals surface area contributed by atoms with Crippen LogP contribution in [0.3, 0.4) is 0 Å². The maximum absolute atomic E-state index is 8.49. The molecule has 1 aromatic carbocycles. The van der Waals surface area contributed by atoms with Crippen molar-refractivity contribution in [2.75, 3.05) is 0 Å². The predicted octanol–water partition coefficient (Wildman–Crippen LogP) is -1.50. The summed E-state index contributed by atoms with van der Waals surface area (Å²) >= 11 is 1.75. The van der Waals surface area contributed by atoms with Crippen LogP contribution in [-0.4, -0.2) is 0 Å². The smallest absolute Gasteiger partial charge is 0.222 e. The minimum Gasteiger partial charge on any atom is -0.222 e. The summed E-state index contributed by atoms with van der Waals surface area (Å²) in [6, 6.07) is 4.48. The van der Waals surface area contributed by atoms with E-state index in [9.17, 15) is 0 Å². The van der Waals surface area contributed by atoms with E-state index in [1.807, 2.05) is 0 Å². The van der Waals surface area contributed by atoms with E-state index in [4.69, 9.17) is 18.6 Å². The molecular weight excluding hydrogens is 302 g/mol. The molecule has 0 aliphatic heterocycles. The van der Waals surface area contributed by atoms with Gasteiger partial charge in [0.15, 0.2) is 5.69 Å². The highest BCUT2D eigenvalue weighted by Gasteiger charge is 2.17. The third kappa shape index (κ3) is 5.16. The lowest BCUT2D eigenvalue weighted by Crippen LogP contribution is -2.68. The van der Waals surface area contributed by atoms with Crippen LogP contribution in [-0.2, 0) is 0 Å². The summed E-state index contributed by atoms with van der Waals surface area (Å²) < 4.78 is 36.2. The number of benzene rings is 1. The third-order valence-electron chi connectivity index (χ3n) is 2.66. The molecule has 1 heterocycles. The van der Waals surface area contributed by atoms with Gasteiger partial charge in [-0.2, -0.15) is 4.57 Å². The van der Waals surface area contributed by atoms with Gasteiger partial charge in [-0.05, 0) is 32.9 Å². The van der Waals surface area contributed by atoms with Crippen molar-refractivity contribution in [1.29, 1.82) is 0 Å². The number of rotatable bonds is 1. The molecule has 0 bridgehead atoms. The van der Waals surface area contributed by atoms with Crippen molar-refractivity contribution in [3.63, 3.8) is 0 Å². The third-order valence-corrected chi connectivity index (χ3v) is 3.47. The average molecular weight is 318 g/mol. The van der Waals surface area contributed by atoms with Crippen LogP contribution in [0.4, 0.5) is 0 Å². The zero-order valence-corrected chi connectivity index (χ0v) is 13.2. The summed E-state index contributed by atoms with van der Waals surface area (Å²) in [5, 5.41) is 2.18. The van der Waals surface area contributed by atoms with E-state index in [1.165, 1.54) is 28.1 Å². The van der Waals surface area contributed by atoms with Gasteiger partial charge in [-0.3, -0.25) is 0 Å². The SMILES string of the molecule is Cc1cc(C)c(-[n+]2cscc2C)c(C)c1.[O-][Cl+3]([O-])([O-])[O-]. The van der Waals surface area contributed by atoms with Crippen molar-refractivity contribution in [2.24, 2.45) is 0 Å². The molecule has 0 aliphatic rings. The monoisotopic (exact) mass is 317 g/mol. The lowest BCUT2D eigenvalue weighted by molar-refractivity contribution is -2.00. The maximum atomic E-state index is 8.49.